The second kappa shape index (κ2) is 6.14. The molecule has 1 aliphatic carbocycles. The van der Waals surface area contributed by atoms with E-state index < -0.39 is 11.7 Å². The fourth-order valence-corrected chi connectivity index (χ4v) is 3.67. The predicted molar refractivity (Wildman–Crippen MR) is 83.3 cm³/mol. The standard InChI is InChI=1S/C18H22F3NO2/c19-18(20,21)12-3-6-16(17(7-12)23-10-11-1-2-11)24-15-8-13-4-5-14(9-15)22-13/h3,6-7,11,13-15,22H,1-2,4-5,8-10H2. The molecule has 0 aromatic heterocycles. The van der Waals surface area contributed by atoms with Gasteiger partial charge in [0.05, 0.1) is 12.2 Å². The van der Waals surface area contributed by atoms with Gasteiger partial charge in [-0.1, -0.05) is 0 Å². The van der Waals surface area contributed by atoms with Crippen molar-refractivity contribution in [2.45, 2.75) is 62.9 Å². The Labute approximate surface area is 139 Å². The summed E-state index contributed by atoms with van der Waals surface area (Å²) in [6.45, 7) is 0.467. The van der Waals surface area contributed by atoms with E-state index in [0.29, 0.717) is 30.4 Å². The zero-order chi connectivity index (χ0) is 16.7. The van der Waals surface area contributed by atoms with Crippen molar-refractivity contribution in [2.24, 2.45) is 5.92 Å². The molecule has 132 valence electrons. The Balaban J connectivity index is 1.51. The van der Waals surface area contributed by atoms with Crippen molar-refractivity contribution in [3.8, 4) is 11.5 Å². The van der Waals surface area contributed by atoms with E-state index in [1.54, 1.807) is 0 Å². The first-order chi connectivity index (χ1) is 11.5. The quantitative estimate of drug-likeness (QED) is 0.872. The van der Waals surface area contributed by atoms with Crippen LogP contribution in [-0.4, -0.2) is 24.8 Å². The van der Waals surface area contributed by atoms with Gasteiger partial charge in [-0.25, -0.2) is 0 Å². The van der Waals surface area contributed by atoms with Crippen LogP contribution in [0, 0.1) is 5.92 Å². The first kappa shape index (κ1) is 16.1. The summed E-state index contributed by atoms with van der Waals surface area (Å²) in [6, 6.07) is 4.51. The highest BCUT2D eigenvalue weighted by molar-refractivity contribution is 5.44. The van der Waals surface area contributed by atoms with Gasteiger partial charge in [-0.05, 0) is 62.6 Å². The maximum Gasteiger partial charge on any atom is 0.416 e. The summed E-state index contributed by atoms with van der Waals surface area (Å²) in [5.41, 5.74) is -0.689. The van der Waals surface area contributed by atoms with Crippen LogP contribution in [0.1, 0.15) is 44.1 Å². The van der Waals surface area contributed by atoms with Crippen molar-refractivity contribution in [1.82, 2.24) is 5.32 Å². The van der Waals surface area contributed by atoms with Crippen LogP contribution < -0.4 is 14.8 Å². The van der Waals surface area contributed by atoms with Gasteiger partial charge in [-0.15, -0.1) is 0 Å². The number of piperidine rings is 1. The lowest BCUT2D eigenvalue weighted by Gasteiger charge is -2.30. The SMILES string of the molecule is FC(F)(F)c1ccc(OC2CC3CCC(C2)N3)c(OCC2CC2)c1. The molecule has 3 nitrogen and oxygen atoms in total. The number of nitrogens with one attached hydrogen (secondary N) is 1. The molecule has 2 saturated heterocycles. The van der Waals surface area contributed by atoms with E-state index in [0.717, 1.165) is 50.7 Å². The molecule has 4 rings (SSSR count). The van der Waals surface area contributed by atoms with Gasteiger partial charge in [0.15, 0.2) is 11.5 Å². The Morgan fingerprint density at radius 3 is 2.33 bits per heavy atom. The number of rotatable bonds is 5. The predicted octanol–water partition coefficient (Wildman–Crippen LogP) is 4.16. The number of hydrogen-bond donors (Lipinski definition) is 1. The lowest BCUT2D eigenvalue weighted by Crippen LogP contribution is -2.42. The minimum absolute atomic E-state index is 0.0451. The van der Waals surface area contributed by atoms with Crippen molar-refractivity contribution in [3.05, 3.63) is 23.8 Å². The van der Waals surface area contributed by atoms with Gasteiger partial charge in [0.2, 0.25) is 0 Å². The third-order valence-corrected chi connectivity index (χ3v) is 5.17. The monoisotopic (exact) mass is 341 g/mol. The molecule has 3 fully saturated rings. The van der Waals surface area contributed by atoms with Crippen LogP contribution in [0.25, 0.3) is 0 Å². The van der Waals surface area contributed by atoms with Gasteiger partial charge in [-0.2, -0.15) is 13.2 Å². The topological polar surface area (TPSA) is 30.5 Å². The molecule has 2 unspecified atom stereocenters. The molecule has 1 aromatic rings. The summed E-state index contributed by atoms with van der Waals surface area (Å²) in [4.78, 5) is 0. The van der Waals surface area contributed by atoms with Crippen LogP contribution in [0.2, 0.25) is 0 Å². The molecule has 3 aliphatic rings. The number of hydrogen-bond acceptors (Lipinski definition) is 3. The van der Waals surface area contributed by atoms with E-state index in [1.807, 2.05) is 0 Å². The highest BCUT2D eigenvalue weighted by Crippen LogP contribution is 2.39. The maximum absolute atomic E-state index is 13.0. The summed E-state index contributed by atoms with van der Waals surface area (Å²) in [7, 11) is 0. The zero-order valence-corrected chi connectivity index (χ0v) is 13.4. The molecule has 0 amide bonds. The fourth-order valence-electron chi connectivity index (χ4n) is 3.67. The van der Waals surface area contributed by atoms with E-state index in [9.17, 15) is 13.2 Å². The number of fused-ring (bicyclic) bond motifs is 2. The number of alkyl halides is 3. The Hall–Kier alpha value is -1.43. The van der Waals surface area contributed by atoms with Gasteiger partial charge < -0.3 is 14.8 Å². The number of ether oxygens (including phenoxy) is 2. The minimum Gasteiger partial charge on any atom is -0.489 e. The van der Waals surface area contributed by atoms with Crippen molar-refractivity contribution in [2.75, 3.05) is 6.61 Å². The van der Waals surface area contributed by atoms with Crippen LogP contribution in [0.3, 0.4) is 0 Å². The number of benzene rings is 1. The Kier molecular flexibility index (Phi) is 4.11. The minimum atomic E-state index is -4.37. The maximum atomic E-state index is 13.0. The second-order valence-electron chi connectivity index (χ2n) is 7.26. The normalized spacial score (nSPS) is 29.5. The van der Waals surface area contributed by atoms with Crippen LogP contribution in [0.4, 0.5) is 13.2 Å². The molecule has 2 atom stereocenters. The van der Waals surface area contributed by atoms with Gasteiger partial charge in [0, 0.05) is 12.1 Å². The van der Waals surface area contributed by atoms with Gasteiger partial charge in [0.1, 0.15) is 6.10 Å². The largest absolute Gasteiger partial charge is 0.489 e. The molecule has 6 heteroatoms. The third kappa shape index (κ3) is 3.63. The zero-order valence-electron chi connectivity index (χ0n) is 13.4. The highest BCUT2D eigenvalue weighted by atomic mass is 19.4. The van der Waals surface area contributed by atoms with E-state index in [-0.39, 0.29) is 11.9 Å². The van der Waals surface area contributed by atoms with E-state index >= 15 is 0 Å². The van der Waals surface area contributed by atoms with Gasteiger partial charge in [-0.3, -0.25) is 0 Å². The van der Waals surface area contributed by atoms with Crippen LogP contribution in [0.15, 0.2) is 18.2 Å². The molecule has 1 aromatic carbocycles. The van der Waals surface area contributed by atoms with E-state index in [2.05, 4.69) is 5.32 Å². The average Bonchev–Trinajstić information content (AvgIpc) is 3.29. The smallest absolute Gasteiger partial charge is 0.416 e. The summed E-state index contributed by atoms with van der Waals surface area (Å²) in [5.74, 6) is 1.14. The van der Waals surface area contributed by atoms with Crippen LogP contribution in [0.5, 0.6) is 11.5 Å². The van der Waals surface area contributed by atoms with E-state index in [1.165, 1.54) is 6.07 Å². The Bertz CT molecular complexity index is 588. The average molecular weight is 341 g/mol. The van der Waals surface area contributed by atoms with Gasteiger partial charge in [0.25, 0.3) is 0 Å². The van der Waals surface area contributed by atoms with Gasteiger partial charge >= 0.3 is 6.18 Å². The van der Waals surface area contributed by atoms with Crippen molar-refractivity contribution < 1.29 is 22.6 Å². The Morgan fingerprint density at radius 2 is 1.71 bits per heavy atom. The summed E-state index contributed by atoms with van der Waals surface area (Å²) >= 11 is 0. The first-order valence-electron chi connectivity index (χ1n) is 8.74. The number of halogens is 3. The summed E-state index contributed by atoms with van der Waals surface area (Å²) in [5, 5.41) is 3.54. The first-order valence-corrected chi connectivity index (χ1v) is 8.74. The molecule has 0 radical (unpaired) electrons. The summed E-state index contributed by atoms with van der Waals surface area (Å²) < 4.78 is 50.6. The molecule has 2 aliphatic heterocycles. The second-order valence-corrected chi connectivity index (χ2v) is 7.26. The van der Waals surface area contributed by atoms with Crippen LogP contribution in [-0.2, 0) is 6.18 Å². The molecular weight excluding hydrogens is 319 g/mol. The molecule has 24 heavy (non-hydrogen) atoms. The third-order valence-electron chi connectivity index (χ3n) is 5.17. The van der Waals surface area contributed by atoms with E-state index in [4.69, 9.17) is 9.47 Å². The lowest BCUT2D eigenvalue weighted by molar-refractivity contribution is -0.137. The van der Waals surface area contributed by atoms with Crippen molar-refractivity contribution in [1.29, 1.82) is 0 Å². The molecular formula is C18H22F3NO2. The van der Waals surface area contributed by atoms with Crippen molar-refractivity contribution in [3.63, 3.8) is 0 Å². The fraction of sp³-hybridized carbons (Fsp3) is 0.667. The summed E-state index contributed by atoms with van der Waals surface area (Å²) in [6.07, 6.45) is 1.97. The molecule has 0 spiro atoms. The van der Waals surface area contributed by atoms with Crippen molar-refractivity contribution >= 4 is 0 Å². The molecule has 2 heterocycles. The van der Waals surface area contributed by atoms with Crippen LogP contribution >= 0.6 is 0 Å². The molecule has 1 N–H and O–H groups in total. The highest BCUT2D eigenvalue weighted by Gasteiger charge is 2.36. The molecule has 2 bridgehead atoms. The Morgan fingerprint density at radius 1 is 1.00 bits per heavy atom. The lowest BCUT2D eigenvalue weighted by atomic mass is 10.0. The molecule has 1 saturated carbocycles.